The zero-order chi connectivity index (χ0) is 18.1. The Bertz CT molecular complexity index is 778. The van der Waals surface area contributed by atoms with Gasteiger partial charge in [0.05, 0.1) is 23.9 Å². The summed E-state index contributed by atoms with van der Waals surface area (Å²) in [5.74, 6) is -0.297. The zero-order valence-corrected chi connectivity index (χ0v) is 16.1. The second-order valence-electron chi connectivity index (χ2n) is 6.25. The summed E-state index contributed by atoms with van der Waals surface area (Å²) in [4.78, 5) is 21.5. The predicted octanol–water partition coefficient (Wildman–Crippen LogP) is 3.91. The highest BCUT2D eigenvalue weighted by atomic mass is 32.2. The van der Waals surface area contributed by atoms with Gasteiger partial charge in [-0.1, -0.05) is 23.9 Å². The van der Waals surface area contributed by atoms with Crippen LogP contribution in [0.1, 0.15) is 32.4 Å². The number of hydrogen-bond donors (Lipinski definition) is 0. The monoisotopic (exact) mass is 357 g/mol. The summed E-state index contributed by atoms with van der Waals surface area (Å²) >= 11 is 1.59. The molecule has 25 heavy (non-hydrogen) atoms. The molecule has 1 aromatic rings. The van der Waals surface area contributed by atoms with Gasteiger partial charge in [-0.2, -0.15) is 0 Å². The van der Waals surface area contributed by atoms with Crippen LogP contribution in [0.4, 0.5) is 5.69 Å². The van der Waals surface area contributed by atoms with Crippen LogP contribution in [0.15, 0.2) is 51.6 Å². The molecule has 3 rings (SSSR count). The summed E-state index contributed by atoms with van der Waals surface area (Å²) in [7, 11) is 4.02. The van der Waals surface area contributed by atoms with Crippen LogP contribution in [-0.4, -0.2) is 36.7 Å². The largest absolute Gasteiger partial charge is 0.463 e. The van der Waals surface area contributed by atoms with Crippen LogP contribution in [0.3, 0.4) is 0 Å². The minimum absolute atomic E-state index is 0.214. The van der Waals surface area contributed by atoms with Gasteiger partial charge in [0.1, 0.15) is 0 Å². The molecule has 0 aliphatic carbocycles. The Balaban J connectivity index is 2.09. The van der Waals surface area contributed by atoms with Gasteiger partial charge < -0.3 is 14.5 Å². The van der Waals surface area contributed by atoms with Gasteiger partial charge in [-0.25, -0.2) is 9.79 Å². The summed E-state index contributed by atoms with van der Waals surface area (Å²) in [6, 6.07) is 8.08. The Kier molecular flexibility index (Phi) is 4.90. The molecular formula is C19H23N3O2S. The number of hydrogen-bond acceptors (Lipinski definition) is 6. The van der Waals surface area contributed by atoms with Crippen molar-refractivity contribution in [2.45, 2.75) is 26.8 Å². The third kappa shape index (κ3) is 3.18. The van der Waals surface area contributed by atoms with Gasteiger partial charge in [-0.05, 0) is 43.9 Å². The molecule has 0 saturated carbocycles. The van der Waals surface area contributed by atoms with E-state index >= 15 is 0 Å². The molecule has 132 valence electrons. The van der Waals surface area contributed by atoms with Gasteiger partial charge in [-0.3, -0.25) is 0 Å². The fraction of sp³-hybridized carbons (Fsp3) is 0.368. The first kappa shape index (κ1) is 17.6. The van der Waals surface area contributed by atoms with E-state index < -0.39 is 0 Å². The first-order chi connectivity index (χ1) is 11.9. The molecule has 2 aliphatic rings. The Morgan fingerprint density at radius 1 is 1.28 bits per heavy atom. The number of carbonyl (C=O) groups is 1. The van der Waals surface area contributed by atoms with Crippen molar-refractivity contribution in [2.75, 3.05) is 25.6 Å². The van der Waals surface area contributed by atoms with Crippen LogP contribution in [-0.2, 0) is 9.53 Å². The lowest BCUT2D eigenvalue weighted by Gasteiger charge is -2.35. The number of aliphatic imine (C=N–C) groups is 1. The van der Waals surface area contributed by atoms with Gasteiger partial charge in [0.25, 0.3) is 0 Å². The van der Waals surface area contributed by atoms with Crippen molar-refractivity contribution < 1.29 is 9.53 Å². The van der Waals surface area contributed by atoms with Crippen molar-refractivity contribution in [3.63, 3.8) is 0 Å². The van der Waals surface area contributed by atoms with Crippen LogP contribution in [0.25, 0.3) is 0 Å². The van der Waals surface area contributed by atoms with Crippen molar-refractivity contribution >= 4 is 28.6 Å². The lowest BCUT2D eigenvalue weighted by Crippen LogP contribution is -2.36. The maximum absolute atomic E-state index is 12.7. The summed E-state index contributed by atoms with van der Waals surface area (Å²) in [5.41, 5.74) is 4.59. The molecule has 0 unspecified atom stereocenters. The van der Waals surface area contributed by atoms with Crippen LogP contribution >= 0.6 is 11.8 Å². The van der Waals surface area contributed by atoms with E-state index in [0.717, 1.165) is 27.8 Å². The smallest absolute Gasteiger partial charge is 0.338 e. The Morgan fingerprint density at radius 3 is 2.56 bits per heavy atom. The predicted molar refractivity (Wildman–Crippen MR) is 103 cm³/mol. The summed E-state index contributed by atoms with van der Waals surface area (Å²) in [5, 5.41) is 2.98. The first-order valence-electron chi connectivity index (χ1n) is 8.30. The van der Waals surface area contributed by atoms with Crippen molar-refractivity contribution in [3.05, 3.63) is 52.2 Å². The second kappa shape index (κ2) is 6.96. The molecule has 2 aliphatic heterocycles. The molecule has 0 aromatic heterocycles. The Hall–Kier alpha value is -2.21. The van der Waals surface area contributed by atoms with Crippen molar-refractivity contribution in [1.29, 1.82) is 0 Å². The van der Waals surface area contributed by atoms with Crippen LogP contribution in [0.2, 0.25) is 0 Å². The molecule has 0 bridgehead atoms. The van der Waals surface area contributed by atoms with E-state index in [-0.39, 0.29) is 12.0 Å². The number of rotatable bonds is 4. The maximum atomic E-state index is 12.7. The lowest BCUT2D eigenvalue weighted by atomic mass is 9.94. The van der Waals surface area contributed by atoms with Crippen LogP contribution in [0, 0.1) is 0 Å². The number of esters is 1. The average molecular weight is 357 g/mol. The number of amidine groups is 1. The second-order valence-corrected chi connectivity index (χ2v) is 7.09. The van der Waals surface area contributed by atoms with E-state index in [2.05, 4.69) is 44.5 Å². The lowest BCUT2D eigenvalue weighted by molar-refractivity contribution is -0.139. The fourth-order valence-electron chi connectivity index (χ4n) is 3.07. The molecule has 0 fully saturated rings. The zero-order valence-electron chi connectivity index (χ0n) is 15.2. The first-order valence-corrected chi connectivity index (χ1v) is 9.18. The number of benzene rings is 1. The number of fused-ring (bicyclic) bond motifs is 1. The number of nitrogens with zero attached hydrogens (tertiary/aromatic N) is 3. The average Bonchev–Trinajstić information content (AvgIpc) is 2.94. The molecule has 0 N–H and O–H groups in total. The minimum atomic E-state index is -0.297. The van der Waals surface area contributed by atoms with E-state index in [1.54, 1.807) is 11.8 Å². The number of thioether (sulfide) groups is 1. The molecule has 1 aromatic carbocycles. The number of allylic oxidation sites excluding steroid dienone is 2. The van der Waals surface area contributed by atoms with Crippen molar-refractivity contribution in [2.24, 2.45) is 4.99 Å². The van der Waals surface area contributed by atoms with Gasteiger partial charge in [0, 0.05) is 25.5 Å². The normalized spacial score (nSPS) is 19.4. The Morgan fingerprint density at radius 2 is 1.96 bits per heavy atom. The van der Waals surface area contributed by atoms with Gasteiger partial charge in [0.2, 0.25) is 0 Å². The van der Waals surface area contributed by atoms with Crippen molar-refractivity contribution in [3.8, 4) is 0 Å². The van der Waals surface area contributed by atoms with E-state index in [1.165, 1.54) is 0 Å². The number of carbonyl (C=O) groups excluding carboxylic acids is 1. The molecule has 2 heterocycles. The van der Waals surface area contributed by atoms with Gasteiger partial charge in [-0.15, -0.1) is 0 Å². The molecule has 0 spiro atoms. The van der Waals surface area contributed by atoms with E-state index in [1.807, 2.05) is 34.9 Å². The van der Waals surface area contributed by atoms with E-state index in [9.17, 15) is 4.79 Å². The molecule has 0 amide bonds. The third-order valence-electron chi connectivity index (χ3n) is 4.33. The fourth-order valence-corrected chi connectivity index (χ4v) is 4.01. The van der Waals surface area contributed by atoms with Gasteiger partial charge >= 0.3 is 5.97 Å². The molecule has 0 radical (unpaired) electrons. The molecule has 5 nitrogen and oxygen atoms in total. The number of anilines is 1. The summed E-state index contributed by atoms with van der Waals surface area (Å²) in [6.07, 6.45) is 0. The van der Waals surface area contributed by atoms with E-state index in [4.69, 9.17) is 4.74 Å². The molecule has 1 atom stereocenters. The summed E-state index contributed by atoms with van der Waals surface area (Å²) in [6.45, 7) is 6.09. The van der Waals surface area contributed by atoms with Gasteiger partial charge in [0.15, 0.2) is 5.17 Å². The number of ether oxygens (including phenoxy) is 1. The topological polar surface area (TPSA) is 45.1 Å². The SMILES string of the molecule is CCOC(=O)C1=C(C)N=C2SC=C(C)N2[C@@H]1c1ccc(N(C)C)cc1. The van der Waals surface area contributed by atoms with Crippen molar-refractivity contribution in [1.82, 2.24) is 4.90 Å². The highest BCUT2D eigenvalue weighted by molar-refractivity contribution is 8.16. The van der Waals surface area contributed by atoms with Crippen LogP contribution in [0.5, 0.6) is 0 Å². The van der Waals surface area contributed by atoms with E-state index in [0.29, 0.717) is 12.2 Å². The highest BCUT2D eigenvalue weighted by Gasteiger charge is 2.39. The van der Waals surface area contributed by atoms with Crippen LogP contribution < -0.4 is 4.90 Å². The standard InChI is InChI=1S/C19H23N3O2S/c1-6-24-18(23)16-13(3)20-19-22(12(2)11-25-19)17(16)14-7-9-15(10-8-14)21(4)5/h7-11,17H,6H2,1-5H3/t17-/m1/s1. The molecule has 0 saturated heterocycles. The summed E-state index contributed by atoms with van der Waals surface area (Å²) < 4.78 is 5.32. The third-order valence-corrected chi connectivity index (χ3v) is 5.28. The maximum Gasteiger partial charge on any atom is 0.338 e. The highest BCUT2D eigenvalue weighted by Crippen LogP contribution is 2.43. The molecule has 6 heteroatoms. The quantitative estimate of drug-likeness (QED) is 0.765. The molecular weight excluding hydrogens is 334 g/mol. The Labute approximate surface area is 153 Å². The minimum Gasteiger partial charge on any atom is -0.463 e.